The third kappa shape index (κ3) is 5.61. The quantitative estimate of drug-likeness (QED) is 0.652. The second-order valence-electron chi connectivity index (χ2n) is 4.42. The van der Waals surface area contributed by atoms with E-state index in [1.54, 1.807) is 25.3 Å². The molecule has 2 N–H and O–H groups in total. The molecule has 0 heterocycles. The van der Waals surface area contributed by atoms with Crippen molar-refractivity contribution in [2.75, 3.05) is 41.0 Å². The molecule has 0 aliphatic rings. The summed E-state index contributed by atoms with van der Waals surface area (Å²) in [6.07, 6.45) is 0.211. The Morgan fingerprint density at radius 3 is 2.36 bits per heavy atom. The number of methoxy groups -OCH3 is 3. The molecule has 0 aliphatic carbocycles. The Morgan fingerprint density at radius 1 is 1.00 bits per heavy atom. The normalized spacial score (nSPS) is 9.95. The van der Waals surface area contributed by atoms with Crippen LogP contribution < -0.4 is 20.1 Å². The summed E-state index contributed by atoms with van der Waals surface area (Å²) in [5.41, 5.74) is 0.442. The Labute approximate surface area is 129 Å². The van der Waals surface area contributed by atoms with Gasteiger partial charge in [0.05, 0.1) is 20.8 Å². The summed E-state index contributed by atoms with van der Waals surface area (Å²) in [7, 11) is 4.60. The van der Waals surface area contributed by atoms with Crippen LogP contribution in [0, 0.1) is 0 Å². The molecule has 0 bridgehead atoms. The number of hydrogen-bond acceptors (Lipinski definition) is 5. The summed E-state index contributed by atoms with van der Waals surface area (Å²) < 4.78 is 15.1. The van der Waals surface area contributed by atoms with Gasteiger partial charge in [-0.3, -0.25) is 9.59 Å². The predicted octanol–water partition coefficient (Wildman–Crippen LogP) is 0.586. The third-order valence-electron chi connectivity index (χ3n) is 2.91. The fourth-order valence-electron chi connectivity index (χ4n) is 1.75. The minimum atomic E-state index is -0.273. The Bertz CT molecular complexity index is 505. The smallest absolute Gasteiger partial charge is 0.251 e. The van der Waals surface area contributed by atoms with E-state index in [9.17, 15) is 9.59 Å². The molecule has 0 aromatic heterocycles. The standard InChI is InChI=1S/C15H22N2O5/c1-20-9-8-16-14(18)6-7-17-15(19)11-4-5-12(21-2)13(10-11)22-3/h4-5,10H,6-9H2,1-3H3,(H,16,18)(H,17,19). The number of rotatable bonds is 9. The Balaban J connectivity index is 2.44. The van der Waals surface area contributed by atoms with Crippen molar-refractivity contribution in [3.63, 3.8) is 0 Å². The van der Waals surface area contributed by atoms with Crippen molar-refractivity contribution < 1.29 is 23.8 Å². The molecule has 122 valence electrons. The highest BCUT2D eigenvalue weighted by Gasteiger charge is 2.10. The third-order valence-corrected chi connectivity index (χ3v) is 2.91. The average Bonchev–Trinajstić information content (AvgIpc) is 2.54. The maximum absolute atomic E-state index is 12.0. The van der Waals surface area contributed by atoms with Gasteiger partial charge >= 0.3 is 0 Å². The van der Waals surface area contributed by atoms with E-state index in [1.165, 1.54) is 14.2 Å². The Hall–Kier alpha value is -2.28. The van der Waals surface area contributed by atoms with Crippen molar-refractivity contribution in [2.24, 2.45) is 0 Å². The van der Waals surface area contributed by atoms with Gasteiger partial charge in [0, 0.05) is 32.2 Å². The first-order chi connectivity index (χ1) is 10.6. The van der Waals surface area contributed by atoms with Gasteiger partial charge in [-0.15, -0.1) is 0 Å². The van der Waals surface area contributed by atoms with Gasteiger partial charge in [0.15, 0.2) is 11.5 Å². The zero-order valence-electron chi connectivity index (χ0n) is 13.1. The first-order valence-electron chi connectivity index (χ1n) is 6.88. The van der Waals surface area contributed by atoms with Crippen LogP contribution in [0.15, 0.2) is 18.2 Å². The second kappa shape index (κ2) is 9.62. The van der Waals surface area contributed by atoms with Crippen LogP contribution in [-0.2, 0) is 9.53 Å². The molecule has 0 saturated carbocycles. The zero-order chi connectivity index (χ0) is 16.4. The van der Waals surface area contributed by atoms with Crippen LogP contribution in [0.5, 0.6) is 11.5 Å². The van der Waals surface area contributed by atoms with Crippen molar-refractivity contribution >= 4 is 11.8 Å². The second-order valence-corrected chi connectivity index (χ2v) is 4.42. The van der Waals surface area contributed by atoms with Gasteiger partial charge in [-0.25, -0.2) is 0 Å². The maximum atomic E-state index is 12.0. The molecular weight excluding hydrogens is 288 g/mol. The van der Waals surface area contributed by atoms with Crippen molar-refractivity contribution in [3.8, 4) is 11.5 Å². The van der Waals surface area contributed by atoms with Gasteiger partial charge in [-0.2, -0.15) is 0 Å². The summed E-state index contributed by atoms with van der Waals surface area (Å²) in [5.74, 6) is 0.624. The van der Waals surface area contributed by atoms with Crippen molar-refractivity contribution in [1.29, 1.82) is 0 Å². The summed E-state index contributed by atoms with van der Waals surface area (Å²) in [5, 5.41) is 5.36. The lowest BCUT2D eigenvalue weighted by molar-refractivity contribution is -0.121. The summed E-state index contributed by atoms with van der Waals surface area (Å²) in [6.45, 7) is 1.18. The summed E-state index contributed by atoms with van der Waals surface area (Å²) in [6, 6.07) is 4.88. The lowest BCUT2D eigenvalue weighted by atomic mass is 10.2. The highest BCUT2D eigenvalue weighted by molar-refractivity contribution is 5.95. The molecule has 0 radical (unpaired) electrons. The fourth-order valence-corrected chi connectivity index (χ4v) is 1.75. The largest absolute Gasteiger partial charge is 0.493 e. The van der Waals surface area contributed by atoms with Crippen LogP contribution in [0.1, 0.15) is 16.8 Å². The van der Waals surface area contributed by atoms with Gasteiger partial charge in [0.25, 0.3) is 5.91 Å². The van der Waals surface area contributed by atoms with Crippen LogP contribution in [0.3, 0.4) is 0 Å². The monoisotopic (exact) mass is 310 g/mol. The lowest BCUT2D eigenvalue weighted by Gasteiger charge is -2.10. The van der Waals surface area contributed by atoms with E-state index in [4.69, 9.17) is 14.2 Å². The molecule has 0 spiro atoms. The number of amides is 2. The van der Waals surface area contributed by atoms with Gasteiger partial charge in [0.2, 0.25) is 5.91 Å². The minimum absolute atomic E-state index is 0.135. The molecule has 1 rings (SSSR count). The van der Waals surface area contributed by atoms with Crippen LogP contribution in [0.4, 0.5) is 0 Å². The molecule has 0 atom stereocenters. The number of hydrogen-bond donors (Lipinski definition) is 2. The van der Waals surface area contributed by atoms with E-state index in [2.05, 4.69) is 10.6 Å². The fraction of sp³-hybridized carbons (Fsp3) is 0.467. The number of benzene rings is 1. The number of carbonyl (C=O) groups is 2. The molecule has 1 aromatic carbocycles. The number of carbonyl (C=O) groups excluding carboxylic acids is 2. The van der Waals surface area contributed by atoms with E-state index >= 15 is 0 Å². The Kier molecular flexibility index (Phi) is 7.77. The van der Waals surface area contributed by atoms with Crippen molar-refractivity contribution in [1.82, 2.24) is 10.6 Å². The number of ether oxygens (including phenoxy) is 3. The SMILES string of the molecule is COCCNC(=O)CCNC(=O)c1ccc(OC)c(OC)c1. The summed E-state index contributed by atoms with van der Waals surface area (Å²) in [4.78, 5) is 23.5. The summed E-state index contributed by atoms with van der Waals surface area (Å²) >= 11 is 0. The predicted molar refractivity (Wildman–Crippen MR) is 81.4 cm³/mol. The average molecular weight is 310 g/mol. The molecule has 0 saturated heterocycles. The molecule has 0 fully saturated rings. The zero-order valence-corrected chi connectivity index (χ0v) is 13.1. The van der Waals surface area contributed by atoms with Crippen LogP contribution >= 0.6 is 0 Å². The van der Waals surface area contributed by atoms with E-state index in [-0.39, 0.29) is 24.8 Å². The van der Waals surface area contributed by atoms with Crippen LogP contribution in [0.2, 0.25) is 0 Å². The first-order valence-corrected chi connectivity index (χ1v) is 6.88. The van der Waals surface area contributed by atoms with Crippen LogP contribution in [-0.4, -0.2) is 52.8 Å². The molecule has 2 amide bonds. The van der Waals surface area contributed by atoms with Gasteiger partial charge in [-0.1, -0.05) is 0 Å². The van der Waals surface area contributed by atoms with E-state index in [1.807, 2.05) is 0 Å². The van der Waals surface area contributed by atoms with E-state index in [0.29, 0.717) is 30.2 Å². The van der Waals surface area contributed by atoms with E-state index in [0.717, 1.165) is 0 Å². The highest BCUT2D eigenvalue weighted by Crippen LogP contribution is 2.27. The van der Waals surface area contributed by atoms with Crippen molar-refractivity contribution in [2.45, 2.75) is 6.42 Å². The molecule has 0 aliphatic heterocycles. The van der Waals surface area contributed by atoms with E-state index < -0.39 is 0 Å². The van der Waals surface area contributed by atoms with Gasteiger partial charge < -0.3 is 24.8 Å². The molecule has 7 nitrogen and oxygen atoms in total. The Morgan fingerprint density at radius 2 is 1.73 bits per heavy atom. The minimum Gasteiger partial charge on any atom is -0.493 e. The lowest BCUT2D eigenvalue weighted by Crippen LogP contribution is -2.32. The van der Waals surface area contributed by atoms with Gasteiger partial charge in [-0.05, 0) is 18.2 Å². The van der Waals surface area contributed by atoms with Gasteiger partial charge in [0.1, 0.15) is 0 Å². The maximum Gasteiger partial charge on any atom is 0.251 e. The topological polar surface area (TPSA) is 85.9 Å². The molecular formula is C15H22N2O5. The molecule has 7 heteroatoms. The highest BCUT2D eigenvalue weighted by atomic mass is 16.5. The van der Waals surface area contributed by atoms with Crippen LogP contribution in [0.25, 0.3) is 0 Å². The van der Waals surface area contributed by atoms with Crippen molar-refractivity contribution in [3.05, 3.63) is 23.8 Å². The first kappa shape index (κ1) is 17.8. The molecule has 1 aromatic rings. The number of nitrogens with one attached hydrogen (secondary N) is 2. The molecule has 22 heavy (non-hydrogen) atoms. The molecule has 0 unspecified atom stereocenters.